The van der Waals surface area contributed by atoms with Gasteiger partial charge in [0, 0.05) is 39.3 Å². The molecular formula is C18H27N3O3. The Bertz CT molecular complexity index is 532. The molecule has 1 fully saturated rings. The topological polar surface area (TPSA) is 53.1 Å². The van der Waals surface area contributed by atoms with Gasteiger partial charge in [-0.25, -0.2) is 4.79 Å². The maximum absolute atomic E-state index is 12.4. The van der Waals surface area contributed by atoms with Crippen LogP contribution in [0.1, 0.15) is 20.3 Å². The number of para-hydroxylation sites is 1. The SMILES string of the molecule is CCN(CC)C(=O)N1CCCN(C(=O)COc2ccccc2)CC1. The predicted octanol–water partition coefficient (Wildman–Crippen LogP) is 2.06. The van der Waals surface area contributed by atoms with Gasteiger partial charge in [0.2, 0.25) is 0 Å². The van der Waals surface area contributed by atoms with Gasteiger partial charge < -0.3 is 19.4 Å². The fourth-order valence-electron chi connectivity index (χ4n) is 2.81. The first-order chi connectivity index (χ1) is 11.7. The monoisotopic (exact) mass is 333 g/mol. The van der Waals surface area contributed by atoms with E-state index < -0.39 is 0 Å². The van der Waals surface area contributed by atoms with Crippen molar-refractivity contribution >= 4 is 11.9 Å². The summed E-state index contributed by atoms with van der Waals surface area (Å²) in [6.45, 7) is 7.91. The van der Waals surface area contributed by atoms with Gasteiger partial charge in [0.1, 0.15) is 5.75 Å². The lowest BCUT2D eigenvalue weighted by molar-refractivity contribution is -0.133. The van der Waals surface area contributed by atoms with Crippen LogP contribution in [-0.4, -0.2) is 72.5 Å². The summed E-state index contributed by atoms with van der Waals surface area (Å²) in [6.07, 6.45) is 0.796. The van der Waals surface area contributed by atoms with Gasteiger partial charge in [0.05, 0.1) is 0 Å². The number of hydrogen-bond donors (Lipinski definition) is 0. The Hall–Kier alpha value is -2.24. The first-order valence-corrected chi connectivity index (χ1v) is 8.65. The summed E-state index contributed by atoms with van der Waals surface area (Å²) < 4.78 is 5.53. The summed E-state index contributed by atoms with van der Waals surface area (Å²) >= 11 is 0. The third-order valence-electron chi connectivity index (χ3n) is 4.26. The van der Waals surface area contributed by atoms with Crippen LogP contribution in [0.25, 0.3) is 0 Å². The largest absolute Gasteiger partial charge is 0.484 e. The Balaban J connectivity index is 1.83. The number of amides is 3. The van der Waals surface area contributed by atoms with E-state index in [0.717, 1.165) is 6.42 Å². The highest BCUT2D eigenvalue weighted by Gasteiger charge is 2.24. The maximum atomic E-state index is 12.4. The fraction of sp³-hybridized carbons (Fsp3) is 0.556. The Morgan fingerprint density at radius 1 is 1.00 bits per heavy atom. The minimum absolute atomic E-state index is 0.0315. The van der Waals surface area contributed by atoms with Crippen LogP contribution < -0.4 is 4.74 Å². The van der Waals surface area contributed by atoms with Gasteiger partial charge in [-0.15, -0.1) is 0 Å². The number of hydrogen-bond acceptors (Lipinski definition) is 3. The molecule has 0 atom stereocenters. The number of rotatable bonds is 5. The summed E-state index contributed by atoms with van der Waals surface area (Å²) in [5, 5.41) is 0. The minimum Gasteiger partial charge on any atom is -0.484 e. The molecule has 6 heteroatoms. The standard InChI is InChI=1S/C18H27N3O3/c1-3-19(4-2)18(23)21-12-8-11-20(13-14-21)17(22)15-24-16-9-6-5-7-10-16/h5-7,9-10H,3-4,8,11-15H2,1-2H3. The van der Waals surface area contributed by atoms with Gasteiger partial charge in [0.15, 0.2) is 6.61 Å². The van der Waals surface area contributed by atoms with Crippen LogP contribution in [0.5, 0.6) is 5.75 Å². The quantitative estimate of drug-likeness (QED) is 0.829. The molecule has 0 N–H and O–H groups in total. The highest BCUT2D eigenvalue weighted by atomic mass is 16.5. The molecule has 0 unspecified atom stereocenters. The van der Waals surface area contributed by atoms with Gasteiger partial charge in [-0.05, 0) is 32.4 Å². The number of nitrogens with zero attached hydrogens (tertiary/aromatic N) is 3. The molecule has 0 saturated carbocycles. The van der Waals surface area contributed by atoms with E-state index in [1.165, 1.54) is 0 Å². The van der Waals surface area contributed by atoms with Crippen molar-refractivity contribution in [2.24, 2.45) is 0 Å². The normalized spacial score (nSPS) is 14.9. The molecule has 0 aromatic heterocycles. The first kappa shape index (κ1) is 18.1. The molecule has 1 aromatic carbocycles. The zero-order valence-corrected chi connectivity index (χ0v) is 14.6. The number of urea groups is 1. The maximum Gasteiger partial charge on any atom is 0.320 e. The zero-order valence-electron chi connectivity index (χ0n) is 14.6. The van der Waals surface area contributed by atoms with Crippen molar-refractivity contribution in [2.45, 2.75) is 20.3 Å². The molecule has 0 radical (unpaired) electrons. The lowest BCUT2D eigenvalue weighted by Crippen LogP contribution is -2.45. The summed E-state index contributed by atoms with van der Waals surface area (Å²) in [7, 11) is 0. The van der Waals surface area contributed by atoms with E-state index in [-0.39, 0.29) is 18.5 Å². The van der Waals surface area contributed by atoms with Crippen LogP contribution in [0.15, 0.2) is 30.3 Å². The van der Waals surface area contributed by atoms with E-state index in [1.54, 1.807) is 4.90 Å². The lowest BCUT2D eigenvalue weighted by Gasteiger charge is -2.28. The Morgan fingerprint density at radius 2 is 1.62 bits per heavy atom. The second-order valence-electron chi connectivity index (χ2n) is 5.78. The number of carbonyl (C=O) groups excluding carboxylic acids is 2. The molecule has 1 aliphatic heterocycles. The van der Waals surface area contributed by atoms with Gasteiger partial charge in [-0.3, -0.25) is 4.79 Å². The molecule has 6 nitrogen and oxygen atoms in total. The molecule has 132 valence electrons. The van der Waals surface area contributed by atoms with E-state index in [0.29, 0.717) is 45.0 Å². The highest BCUT2D eigenvalue weighted by molar-refractivity contribution is 5.78. The van der Waals surface area contributed by atoms with Crippen LogP contribution in [0.2, 0.25) is 0 Å². The average molecular weight is 333 g/mol. The van der Waals surface area contributed by atoms with Crippen LogP contribution >= 0.6 is 0 Å². The zero-order chi connectivity index (χ0) is 17.4. The molecule has 0 aliphatic carbocycles. The molecule has 1 aliphatic rings. The highest BCUT2D eigenvalue weighted by Crippen LogP contribution is 2.10. The third-order valence-corrected chi connectivity index (χ3v) is 4.26. The van der Waals surface area contributed by atoms with E-state index in [4.69, 9.17) is 4.74 Å². The van der Waals surface area contributed by atoms with E-state index >= 15 is 0 Å². The van der Waals surface area contributed by atoms with Gasteiger partial charge in [-0.2, -0.15) is 0 Å². The minimum atomic E-state index is -0.0315. The molecule has 24 heavy (non-hydrogen) atoms. The Kier molecular flexibility index (Phi) is 6.90. The average Bonchev–Trinajstić information content (AvgIpc) is 2.87. The summed E-state index contributed by atoms with van der Waals surface area (Å²) in [4.78, 5) is 30.2. The molecule has 2 rings (SSSR count). The van der Waals surface area contributed by atoms with E-state index in [1.807, 2.05) is 54.0 Å². The first-order valence-electron chi connectivity index (χ1n) is 8.65. The molecule has 1 heterocycles. The number of carbonyl (C=O) groups is 2. The molecular weight excluding hydrogens is 306 g/mol. The summed E-state index contributed by atoms with van der Waals surface area (Å²) in [5.74, 6) is 0.662. The van der Waals surface area contributed by atoms with Crippen molar-refractivity contribution in [1.82, 2.24) is 14.7 Å². The van der Waals surface area contributed by atoms with Gasteiger partial charge >= 0.3 is 6.03 Å². The second kappa shape index (κ2) is 9.15. The summed E-state index contributed by atoms with van der Waals surface area (Å²) in [5.41, 5.74) is 0. The Morgan fingerprint density at radius 3 is 2.29 bits per heavy atom. The molecule has 0 spiro atoms. The van der Waals surface area contributed by atoms with Crippen LogP contribution in [0.4, 0.5) is 4.79 Å². The fourth-order valence-corrected chi connectivity index (χ4v) is 2.81. The molecule has 0 bridgehead atoms. The summed E-state index contributed by atoms with van der Waals surface area (Å²) in [6, 6.07) is 9.39. The molecule has 3 amide bonds. The van der Waals surface area contributed by atoms with Crippen molar-refractivity contribution in [3.63, 3.8) is 0 Å². The predicted molar refractivity (Wildman–Crippen MR) is 93.0 cm³/mol. The van der Waals surface area contributed by atoms with Gasteiger partial charge in [-0.1, -0.05) is 18.2 Å². The molecule has 1 saturated heterocycles. The number of benzene rings is 1. The van der Waals surface area contributed by atoms with Crippen LogP contribution in [0, 0.1) is 0 Å². The van der Waals surface area contributed by atoms with Crippen LogP contribution in [-0.2, 0) is 4.79 Å². The van der Waals surface area contributed by atoms with E-state index in [9.17, 15) is 9.59 Å². The molecule has 1 aromatic rings. The number of ether oxygens (including phenoxy) is 1. The van der Waals surface area contributed by atoms with Gasteiger partial charge in [0.25, 0.3) is 5.91 Å². The van der Waals surface area contributed by atoms with Crippen molar-refractivity contribution in [1.29, 1.82) is 0 Å². The second-order valence-corrected chi connectivity index (χ2v) is 5.78. The van der Waals surface area contributed by atoms with Crippen LogP contribution in [0.3, 0.4) is 0 Å². The van der Waals surface area contributed by atoms with Crippen molar-refractivity contribution < 1.29 is 14.3 Å². The lowest BCUT2D eigenvalue weighted by atomic mass is 10.3. The van der Waals surface area contributed by atoms with Crippen molar-refractivity contribution in [3.8, 4) is 5.75 Å². The smallest absolute Gasteiger partial charge is 0.320 e. The van der Waals surface area contributed by atoms with Crippen molar-refractivity contribution in [2.75, 3.05) is 45.9 Å². The third kappa shape index (κ3) is 4.88. The Labute approximate surface area is 144 Å². The van der Waals surface area contributed by atoms with E-state index in [2.05, 4.69) is 0 Å². The van der Waals surface area contributed by atoms with Crippen molar-refractivity contribution in [3.05, 3.63) is 30.3 Å².